The van der Waals surface area contributed by atoms with E-state index in [1.165, 1.54) is 12.3 Å². The van der Waals surface area contributed by atoms with E-state index >= 15 is 0 Å². The van der Waals surface area contributed by atoms with Crippen LogP contribution in [0, 0.1) is 5.92 Å². The fraction of sp³-hybridized carbons (Fsp3) is 0.643. The summed E-state index contributed by atoms with van der Waals surface area (Å²) in [6.45, 7) is 8.54. The summed E-state index contributed by atoms with van der Waals surface area (Å²) in [6.07, 6.45) is 3.30. The van der Waals surface area contributed by atoms with Crippen LogP contribution in [-0.4, -0.2) is 24.9 Å². The summed E-state index contributed by atoms with van der Waals surface area (Å²) >= 11 is 0. The second-order valence-electron chi connectivity index (χ2n) is 5.63. The van der Waals surface area contributed by atoms with Gasteiger partial charge in [0.15, 0.2) is 0 Å². The highest BCUT2D eigenvalue weighted by molar-refractivity contribution is 8.13. The van der Waals surface area contributed by atoms with Crippen LogP contribution >= 0.6 is 10.7 Å². The van der Waals surface area contributed by atoms with Crippen LogP contribution in [0.3, 0.4) is 0 Å². The maximum absolute atomic E-state index is 12.2. The van der Waals surface area contributed by atoms with Gasteiger partial charge in [0.2, 0.25) is 0 Å². The van der Waals surface area contributed by atoms with Gasteiger partial charge in [0.05, 0.1) is 0 Å². The Balaban J connectivity index is 2.85. The largest absolute Gasteiger partial charge is 0.348 e. The van der Waals surface area contributed by atoms with Gasteiger partial charge < -0.3 is 9.88 Å². The molecule has 0 fully saturated rings. The lowest BCUT2D eigenvalue weighted by Gasteiger charge is -2.15. The first kappa shape index (κ1) is 18.0. The average Bonchev–Trinajstić information content (AvgIpc) is 2.80. The molecule has 0 saturated heterocycles. The smallest absolute Gasteiger partial charge is 0.268 e. The first-order chi connectivity index (χ1) is 9.65. The van der Waals surface area contributed by atoms with Crippen molar-refractivity contribution in [2.75, 3.05) is 0 Å². The van der Waals surface area contributed by atoms with Gasteiger partial charge in [-0.25, -0.2) is 8.42 Å². The van der Waals surface area contributed by atoms with Crippen molar-refractivity contribution >= 4 is 25.6 Å². The van der Waals surface area contributed by atoms with Gasteiger partial charge >= 0.3 is 0 Å². The molecule has 21 heavy (non-hydrogen) atoms. The molecule has 0 aromatic carbocycles. The maximum atomic E-state index is 12.2. The highest BCUT2D eigenvalue weighted by Gasteiger charge is 2.20. The van der Waals surface area contributed by atoms with Gasteiger partial charge in [0.25, 0.3) is 15.0 Å². The Morgan fingerprint density at radius 3 is 2.43 bits per heavy atom. The maximum Gasteiger partial charge on any atom is 0.268 e. The molecule has 1 aromatic heterocycles. The topological polar surface area (TPSA) is 68.2 Å². The highest BCUT2D eigenvalue weighted by Crippen LogP contribution is 2.19. The minimum Gasteiger partial charge on any atom is -0.348 e. The summed E-state index contributed by atoms with van der Waals surface area (Å²) < 4.78 is 24.3. The Kier molecular flexibility index (Phi) is 6.28. The molecule has 0 aliphatic rings. The number of nitrogens with zero attached hydrogens (tertiary/aromatic N) is 1. The zero-order valence-corrected chi connectivity index (χ0v) is 14.5. The summed E-state index contributed by atoms with van der Waals surface area (Å²) in [4.78, 5) is 12.2. The second kappa shape index (κ2) is 7.31. The van der Waals surface area contributed by atoms with Crippen molar-refractivity contribution in [2.45, 2.75) is 58.0 Å². The van der Waals surface area contributed by atoms with Gasteiger partial charge in [-0.1, -0.05) is 13.8 Å². The summed E-state index contributed by atoms with van der Waals surface area (Å²) in [5.74, 6) is 0.302. The summed E-state index contributed by atoms with van der Waals surface area (Å²) in [5, 5.41) is 2.89. The van der Waals surface area contributed by atoms with Crippen LogP contribution in [0.15, 0.2) is 17.2 Å². The van der Waals surface area contributed by atoms with Gasteiger partial charge in [-0.05, 0) is 38.7 Å². The van der Waals surface area contributed by atoms with Crippen molar-refractivity contribution in [3.8, 4) is 0 Å². The molecule has 5 nitrogen and oxygen atoms in total. The predicted octanol–water partition coefficient (Wildman–Crippen LogP) is 2.99. The van der Waals surface area contributed by atoms with Gasteiger partial charge in [0, 0.05) is 29.5 Å². The first-order valence-electron chi connectivity index (χ1n) is 7.10. The molecule has 0 aliphatic carbocycles. The zero-order chi connectivity index (χ0) is 16.2. The Morgan fingerprint density at radius 1 is 1.33 bits per heavy atom. The molecule has 7 heteroatoms. The average molecular weight is 335 g/mol. The third kappa shape index (κ3) is 5.36. The van der Waals surface area contributed by atoms with Gasteiger partial charge in [-0.15, -0.1) is 0 Å². The van der Waals surface area contributed by atoms with Crippen LogP contribution in [0.1, 0.15) is 51.0 Å². The normalized spacial score (nSPS) is 13.4. The number of aryl methyl sites for hydroxylation is 1. The Hall–Kier alpha value is -1.01. The van der Waals surface area contributed by atoms with Gasteiger partial charge in [0.1, 0.15) is 10.6 Å². The summed E-state index contributed by atoms with van der Waals surface area (Å²) in [7, 11) is 1.50. The number of amides is 1. The lowest BCUT2D eigenvalue weighted by molar-refractivity contribution is 0.0928. The van der Waals surface area contributed by atoms with Gasteiger partial charge in [-0.2, -0.15) is 0 Å². The Labute approximate surface area is 131 Å². The fourth-order valence-corrected chi connectivity index (χ4v) is 2.78. The number of hydrogen-bond donors (Lipinski definition) is 1. The standard InChI is InChI=1S/C14H23ClN2O3S/c1-5-17-9-12(21(15,19)20)8-13(17)14(18)16-11(4)7-6-10(2)3/h8-11H,5-7H2,1-4H3,(H,16,18). The minimum atomic E-state index is -3.83. The fourth-order valence-electron chi connectivity index (χ4n) is 2.02. The van der Waals surface area contributed by atoms with E-state index in [2.05, 4.69) is 19.2 Å². The molecule has 120 valence electrons. The van der Waals surface area contributed by atoms with Crippen molar-refractivity contribution in [2.24, 2.45) is 5.92 Å². The zero-order valence-electron chi connectivity index (χ0n) is 12.9. The minimum absolute atomic E-state index is 0.0381. The van der Waals surface area contributed by atoms with Crippen molar-refractivity contribution < 1.29 is 13.2 Å². The van der Waals surface area contributed by atoms with Crippen LogP contribution < -0.4 is 5.32 Å². The first-order valence-corrected chi connectivity index (χ1v) is 9.41. The molecule has 1 aromatic rings. The molecule has 1 unspecified atom stereocenters. The predicted molar refractivity (Wildman–Crippen MR) is 84.1 cm³/mol. The Morgan fingerprint density at radius 2 is 1.95 bits per heavy atom. The number of nitrogens with one attached hydrogen (secondary N) is 1. The van der Waals surface area contributed by atoms with Crippen LogP contribution in [0.2, 0.25) is 0 Å². The quantitative estimate of drug-likeness (QED) is 0.779. The number of rotatable bonds is 7. The van der Waals surface area contributed by atoms with Crippen molar-refractivity contribution in [1.82, 2.24) is 9.88 Å². The number of aromatic nitrogens is 1. The van der Waals surface area contributed by atoms with Crippen molar-refractivity contribution in [1.29, 1.82) is 0 Å². The van der Waals surface area contributed by atoms with E-state index in [4.69, 9.17) is 10.7 Å². The molecule has 0 saturated carbocycles. The molecular formula is C14H23ClN2O3S. The van der Waals surface area contributed by atoms with Crippen molar-refractivity contribution in [3.05, 3.63) is 18.0 Å². The van der Waals surface area contributed by atoms with E-state index in [0.717, 1.165) is 12.8 Å². The molecule has 0 spiro atoms. The number of carbonyl (C=O) groups is 1. The number of halogens is 1. The second-order valence-corrected chi connectivity index (χ2v) is 8.20. The van der Waals surface area contributed by atoms with E-state index in [1.807, 2.05) is 13.8 Å². The van der Waals surface area contributed by atoms with E-state index in [1.54, 1.807) is 4.57 Å². The van der Waals surface area contributed by atoms with Crippen LogP contribution in [0.4, 0.5) is 0 Å². The van der Waals surface area contributed by atoms with E-state index < -0.39 is 9.05 Å². The molecule has 1 rings (SSSR count). The van der Waals surface area contributed by atoms with Crippen molar-refractivity contribution in [3.63, 3.8) is 0 Å². The molecule has 1 amide bonds. The highest BCUT2D eigenvalue weighted by atomic mass is 35.7. The summed E-state index contributed by atoms with van der Waals surface area (Å²) in [5.41, 5.74) is 0.313. The van der Waals surface area contributed by atoms with E-state index in [0.29, 0.717) is 18.2 Å². The SMILES string of the molecule is CCn1cc(S(=O)(=O)Cl)cc1C(=O)NC(C)CCC(C)C. The Bertz CT molecular complexity index is 593. The molecule has 1 atom stereocenters. The van der Waals surface area contributed by atoms with E-state index in [9.17, 15) is 13.2 Å². The third-order valence-electron chi connectivity index (χ3n) is 3.28. The van der Waals surface area contributed by atoms with Gasteiger partial charge in [-0.3, -0.25) is 4.79 Å². The molecule has 0 radical (unpaired) electrons. The third-order valence-corrected chi connectivity index (χ3v) is 4.60. The lowest BCUT2D eigenvalue weighted by Crippen LogP contribution is -2.34. The molecule has 0 bridgehead atoms. The van der Waals surface area contributed by atoms with Crippen LogP contribution in [0.25, 0.3) is 0 Å². The summed E-state index contributed by atoms with van der Waals surface area (Å²) in [6, 6.07) is 1.35. The van der Waals surface area contributed by atoms with Crippen LogP contribution in [-0.2, 0) is 15.6 Å². The molecule has 0 aliphatic heterocycles. The monoisotopic (exact) mass is 334 g/mol. The van der Waals surface area contributed by atoms with E-state index in [-0.39, 0.29) is 16.8 Å². The number of hydrogen-bond acceptors (Lipinski definition) is 3. The molecular weight excluding hydrogens is 312 g/mol. The molecule has 1 heterocycles. The van der Waals surface area contributed by atoms with Crippen LogP contribution in [0.5, 0.6) is 0 Å². The number of carbonyl (C=O) groups excluding carboxylic acids is 1. The lowest BCUT2D eigenvalue weighted by atomic mass is 10.0. The molecule has 1 N–H and O–H groups in total.